The summed E-state index contributed by atoms with van der Waals surface area (Å²) in [6, 6.07) is -0.301. The zero-order valence-corrected chi connectivity index (χ0v) is 7.06. The summed E-state index contributed by atoms with van der Waals surface area (Å²) < 4.78 is 5.01. The number of hydrogen-bond acceptors (Lipinski definition) is 4. The third kappa shape index (κ3) is 1.54. The van der Waals surface area contributed by atoms with Crippen LogP contribution in [0.5, 0.6) is 0 Å². The van der Waals surface area contributed by atoms with E-state index in [0.29, 0.717) is 0 Å². The topological polar surface area (TPSA) is 52.9 Å². The molecule has 1 rings (SSSR count). The fraction of sp³-hybridized carbons (Fsp3) is 1.00. The summed E-state index contributed by atoms with van der Waals surface area (Å²) in [7, 11) is 3.61. The van der Waals surface area contributed by atoms with E-state index in [-0.39, 0.29) is 12.1 Å². The molecule has 4 heteroatoms. The van der Waals surface area contributed by atoms with Crippen molar-refractivity contribution in [2.24, 2.45) is 0 Å². The minimum atomic E-state index is -0.866. The fourth-order valence-electron chi connectivity index (χ4n) is 1.39. The Kier molecular flexibility index (Phi) is 2.49. The van der Waals surface area contributed by atoms with Crippen molar-refractivity contribution in [3.63, 3.8) is 0 Å². The number of aliphatic hydroxyl groups is 2. The van der Waals surface area contributed by atoms with Gasteiger partial charge >= 0.3 is 0 Å². The molecule has 0 aromatic rings. The molecule has 1 aliphatic heterocycles. The van der Waals surface area contributed by atoms with Gasteiger partial charge in [-0.3, -0.25) is 4.90 Å². The van der Waals surface area contributed by atoms with E-state index in [1.165, 1.54) is 0 Å². The molecule has 0 radical (unpaired) electrons. The predicted molar refractivity (Wildman–Crippen MR) is 40.0 cm³/mol. The zero-order chi connectivity index (χ0) is 8.59. The van der Waals surface area contributed by atoms with Crippen LogP contribution in [-0.4, -0.2) is 53.7 Å². The van der Waals surface area contributed by atoms with Crippen LogP contribution < -0.4 is 0 Å². The SMILES string of the molecule is C[C@H]1OC(O)[C@H](N(C)C)[C@@H]1O. The van der Waals surface area contributed by atoms with Crippen molar-refractivity contribution in [2.45, 2.75) is 31.5 Å². The van der Waals surface area contributed by atoms with Crippen molar-refractivity contribution < 1.29 is 14.9 Å². The molecule has 2 N–H and O–H groups in total. The van der Waals surface area contributed by atoms with E-state index in [1.54, 1.807) is 25.9 Å². The first-order chi connectivity index (χ1) is 5.04. The predicted octanol–water partition coefficient (Wildman–Crippen LogP) is -0.985. The largest absolute Gasteiger partial charge is 0.389 e. The van der Waals surface area contributed by atoms with Gasteiger partial charge in [-0.15, -0.1) is 0 Å². The van der Waals surface area contributed by atoms with Crippen LogP contribution >= 0.6 is 0 Å². The molecule has 0 saturated carbocycles. The van der Waals surface area contributed by atoms with Crippen LogP contribution in [0.1, 0.15) is 6.92 Å². The molecule has 4 atom stereocenters. The van der Waals surface area contributed by atoms with Gasteiger partial charge in [-0.25, -0.2) is 0 Å². The van der Waals surface area contributed by atoms with E-state index in [0.717, 1.165) is 0 Å². The molecule has 1 heterocycles. The summed E-state index contributed by atoms with van der Waals surface area (Å²) in [4.78, 5) is 1.76. The van der Waals surface area contributed by atoms with Crippen molar-refractivity contribution in [1.82, 2.24) is 4.90 Å². The summed E-state index contributed by atoms with van der Waals surface area (Å²) in [6.07, 6.45) is -1.74. The van der Waals surface area contributed by atoms with Crippen LogP contribution in [-0.2, 0) is 4.74 Å². The maximum absolute atomic E-state index is 9.47. The first kappa shape index (κ1) is 8.93. The highest BCUT2D eigenvalue weighted by Crippen LogP contribution is 2.21. The number of ether oxygens (including phenoxy) is 1. The summed E-state index contributed by atoms with van der Waals surface area (Å²) >= 11 is 0. The molecule has 66 valence electrons. The number of nitrogens with zero attached hydrogens (tertiary/aromatic N) is 1. The molecule has 0 spiro atoms. The summed E-state index contributed by atoms with van der Waals surface area (Å²) in [5.74, 6) is 0. The first-order valence-electron chi connectivity index (χ1n) is 3.72. The quantitative estimate of drug-likeness (QED) is 0.518. The van der Waals surface area contributed by atoms with Gasteiger partial charge in [-0.2, -0.15) is 0 Å². The number of likely N-dealkylation sites (N-methyl/N-ethyl adjacent to an activating group) is 1. The highest BCUT2D eigenvalue weighted by Gasteiger charge is 2.41. The molecule has 0 amide bonds. The molecular weight excluding hydrogens is 146 g/mol. The molecule has 0 aromatic carbocycles. The maximum atomic E-state index is 9.47. The lowest BCUT2D eigenvalue weighted by Gasteiger charge is -2.23. The Morgan fingerprint density at radius 1 is 1.27 bits per heavy atom. The average Bonchev–Trinajstić information content (AvgIpc) is 2.07. The smallest absolute Gasteiger partial charge is 0.173 e. The minimum absolute atomic E-state index is 0.280. The normalized spacial score (nSPS) is 45.3. The van der Waals surface area contributed by atoms with E-state index in [4.69, 9.17) is 4.74 Å². The highest BCUT2D eigenvalue weighted by molar-refractivity contribution is 4.88. The van der Waals surface area contributed by atoms with Crippen LogP contribution in [0.15, 0.2) is 0 Å². The second-order valence-corrected chi connectivity index (χ2v) is 3.18. The number of hydrogen-bond donors (Lipinski definition) is 2. The van der Waals surface area contributed by atoms with Crippen LogP contribution in [0.25, 0.3) is 0 Å². The second-order valence-electron chi connectivity index (χ2n) is 3.18. The van der Waals surface area contributed by atoms with Gasteiger partial charge in [0, 0.05) is 0 Å². The highest BCUT2D eigenvalue weighted by atomic mass is 16.6. The van der Waals surface area contributed by atoms with Crippen LogP contribution in [0.4, 0.5) is 0 Å². The van der Waals surface area contributed by atoms with Gasteiger partial charge in [0.2, 0.25) is 0 Å². The van der Waals surface area contributed by atoms with Gasteiger partial charge in [0.15, 0.2) is 6.29 Å². The van der Waals surface area contributed by atoms with E-state index in [9.17, 15) is 10.2 Å². The van der Waals surface area contributed by atoms with Crippen molar-refractivity contribution in [1.29, 1.82) is 0 Å². The molecular formula is C7H15NO3. The summed E-state index contributed by atoms with van der Waals surface area (Å²) in [5.41, 5.74) is 0. The van der Waals surface area contributed by atoms with Gasteiger partial charge < -0.3 is 14.9 Å². The Balaban J connectivity index is 2.63. The zero-order valence-electron chi connectivity index (χ0n) is 7.06. The van der Waals surface area contributed by atoms with Gasteiger partial charge in [-0.1, -0.05) is 0 Å². The van der Waals surface area contributed by atoms with E-state index in [1.807, 2.05) is 0 Å². The Morgan fingerprint density at radius 3 is 2.00 bits per heavy atom. The van der Waals surface area contributed by atoms with Gasteiger partial charge in [0.05, 0.1) is 12.1 Å². The fourth-order valence-corrected chi connectivity index (χ4v) is 1.39. The molecule has 0 aliphatic carbocycles. The van der Waals surface area contributed by atoms with Gasteiger partial charge in [0.25, 0.3) is 0 Å². The molecule has 4 nitrogen and oxygen atoms in total. The molecule has 11 heavy (non-hydrogen) atoms. The van der Waals surface area contributed by atoms with Crippen LogP contribution in [0, 0.1) is 0 Å². The van der Waals surface area contributed by atoms with Crippen molar-refractivity contribution in [2.75, 3.05) is 14.1 Å². The summed E-state index contributed by atoms with van der Waals surface area (Å²) in [5, 5.41) is 18.7. The van der Waals surface area contributed by atoms with Crippen molar-refractivity contribution in [3.8, 4) is 0 Å². The number of aliphatic hydroxyl groups excluding tert-OH is 2. The maximum Gasteiger partial charge on any atom is 0.173 e. The van der Waals surface area contributed by atoms with E-state index in [2.05, 4.69) is 0 Å². The molecule has 0 aromatic heterocycles. The van der Waals surface area contributed by atoms with E-state index < -0.39 is 12.4 Å². The van der Waals surface area contributed by atoms with Crippen LogP contribution in [0.3, 0.4) is 0 Å². The third-order valence-corrected chi connectivity index (χ3v) is 2.07. The van der Waals surface area contributed by atoms with E-state index >= 15 is 0 Å². The number of rotatable bonds is 1. The molecule has 1 aliphatic rings. The third-order valence-electron chi connectivity index (χ3n) is 2.07. The van der Waals surface area contributed by atoms with Crippen molar-refractivity contribution in [3.05, 3.63) is 0 Å². The Morgan fingerprint density at radius 2 is 1.82 bits per heavy atom. The molecule has 0 bridgehead atoms. The monoisotopic (exact) mass is 161 g/mol. The molecule has 1 unspecified atom stereocenters. The standard InChI is InChI=1S/C7H15NO3/c1-4-6(9)5(8(2)3)7(10)11-4/h4-7,9-10H,1-3H3/t4-,5-,6-,7?/m1/s1. The second kappa shape index (κ2) is 3.06. The lowest BCUT2D eigenvalue weighted by molar-refractivity contribution is -0.107. The Labute approximate surface area is 66.4 Å². The van der Waals surface area contributed by atoms with Gasteiger partial charge in [0.1, 0.15) is 6.10 Å². The first-order valence-corrected chi connectivity index (χ1v) is 3.72. The average molecular weight is 161 g/mol. The Hall–Kier alpha value is -0.160. The minimum Gasteiger partial charge on any atom is -0.389 e. The lowest BCUT2D eigenvalue weighted by atomic mass is 10.1. The van der Waals surface area contributed by atoms with Crippen molar-refractivity contribution >= 4 is 0 Å². The lowest BCUT2D eigenvalue weighted by Crippen LogP contribution is -2.43. The Bertz CT molecular complexity index is 140. The van der Waals surface area contributed by atoms with Crippen LogP contribution in [0.2, 0.25) is 0 Å². The van der Waals surface area contributed by atoms with Gasteiger partial charge in [-0.05, 0) is 21.0 Å². The molecule has 1 saturated heterocycles. The molecule has 1 fully saturated rings. The summed E-state index contributed by atoms with van der Waals surface area (Å²) in [6.45, 7) is 1.75.